The minimum atomic E-state index is 0.0115. The van der Waals surface area contributed by atoms with Crippen LogP contribution < -0.4 is 0 Å². The molecule has 0 unspecified atom stereocenters. The summed E-state index contributed by atoms with van der Waals surface area (Å²) in [5.74, 6) is 0.0158. The highest BCUT2D eigenvalue weighted by molar-refractivity contribution is 9.11. The van der Waals surface area contributed by atoms with Gasteiger partial charge in [0.05, 0.1) is 29.2 Å². The molecule has 96 valence electrons. The predicted octanol–water partition coefficient (Wildman–Crippen LogP) is 1.98. The van der Waals surface area contributed by atoms with Crippen LogP contribution in [0, 0.1) is 0 Å². The Morgan fingerprint density at radius 1 is 1.59 bits per heavy atom. The number of hydrogen-bond donors (Lipinski definition) is 1. The van der Waals surface area contributed by atoms with Gasteiger partial charge in [-0.15, -0.1) is 11.3 Å². The fraction of sp³-hybridized carbons (Fsp3) is 0.545. The minimum absolute atomic E-state index is 0.0115. The average Bonchev–Trinajstić information content (AvgIpc) is 2.75. The zero-order valence-corrected chi connectivity index (χ0v) is 12.1. The van der Waals surface area contributed by atoms with E-state index in [9.17, 15) is 4.79 Å². The number of thiophene rings is 1. The number of nitrogens with zero attached hydrogens (tertiary/aromatic N) is 1. The smallest absolute Gasteiger partial charge is 0.254 e. The third-order valence-corrected chi connectivity index (χ3v) is 3.73. The lowest BCUT2D eigenvalue weighted by Gasteiger charge is -2.20. The largest absolute Gasteiger partial charge is 0.394 e. The molecule has 17 heavy (non-hydrogen) atoms. The molecule has 1 N–H and O–H groups in total. The highest BCUT2D eigenvalue weighted by atomic mass is 79.9. The van der Waals surface area contributed by atoms with E-state index in [4.69, 9.17) is 9.84 Å². The quantitative estimate of drug-likeness (QED) is 0.781. The molecule has 4 nitrogen and oxygen atoms in total. The standard InChI is InChI=1S/C11H16BrNO3S/c1-2-13(3-5-16-6-4-14)11(15)9-7-10(12)17-8-9/h7-8,14H,2-6H2,1H3. The SMILES string of the molecule is CCN(CCOCCO)C(=O)c1csc(Br)c1. The summed E-state index contributed by atoms with van der Waals surface area (Å²) in [6.45, 7) is 3.90. The molecule has 1 amide bonds. The van der Waals surface area contributed by atoms with Gasteiger partial charge in [-0.25, -0.2) is 0 Å². The number of hydrogen-bond acceptors (Lipinski definition) is 4. The molecular formula is C11H16BrNO3S. The number of likely N-dealkylation sites (N-methyl/N-ethyl adjacent to an activating group) is 1. The van der Waals surface area contributed by atoms with Crippen LogP contribution in [-0.2, 0) is 4.74 Å². The molecule has 1 aromatic rings. The first-order chi connectivity index (χ1) is 8.19. The molecule has 0 aliphatic rings. The average molecular weight is 322 g/mol. The van der Waals surface area contributed by atoms with E-state index in [0.29, 0.717) is 31.9 Å². The molecule has 0 saturated carbocycles. The molecule has 1 rings (SSSR count). The van der Waals surface area contributed by atoms with E-state index in [2.05, 4.69) is 15.9 Å². The maximum absolute atomic E-state index is 12.1. The molecule has 0 aliphatic heterocycles. The monoisotopic (exact) mass is 321 g/mol. The lowest BCUT2D eigenvalue weighted by atomic mass is 10.3. The van der Waals surface area contributed by atoms with Gasteiger partial charge in [0, 0.05) is 18.5 Å². The van der Waals surface area contributed by atoms with Crippen molar-refractivity contribution in [1.82, 2.24) is 4.90 Å². The van der Waals surface area contributed by atoms with Crippen molar-refractivity contribution in [2.24, 2.45) is 0 Å². The van der Waals surface area contributed by atoms with Gasteiger partial charge in [0.15, 0.2) is 0 Å². The Bertz CT molecular complexity index is 356. The zero-order valence-electron chi connectivity index (χ0n) is 9.69. The third-order valence-electron chi connectivity index (χ3n) is 2.22. The van der Waals surface area contributed by atoms with Crippen LogP contribution in [-0.4, -0.2) is 48.8 Å². The van der Waals surface area contributed by atoms with Gasteiger partial charge in [0.25, 0.3) is 5.91 Å². The van der Waals surface area contributed by atoms with Crippen LogP contribution >= 0.6 is 27.3 Å². The first kappa shape index (κ1) is 14.6. The number of amides is 1. The van der Waals surface area contributed by atoms with Gasteiger partial charge < -0.3 is 14.7 Å². The van der Waals surface area contributed by atoms with Crippen LogP contribution in [0.2, 0.25) is 0 Å². The second-order valence-corrected chi connectivity index (χ2v) is 5.65. The van der Waals surface area contributed by atoms with Crippen LogP contribution in [0.1, 0.15) is 17.3 Å². The maximum Gasteiger partial charge on any atom is 0.254 e. The molecule has 0 bridgehead atoms. The Morgan fingerprint density at radius 3 is 2.88 bits per heavy atom. The van der Waals surface area contributed by atoms with Gasteiger partial charge in [-0.3, -0.25) is 4.79 Å². The van der Waals surface area contributed by atoms with E-state index in [0.717, 1.165) is 3.79 Å². The summed E-state index contributed by atoms with van der Waals surface area (Å²) in [7, 11) is 0. The van der Waals surface area contributed by atoms with E-state index >= 15 is 0 Å². The zero-order chi connectivity index (χ0) is 12.7. The van der Waals surface area contributed by atoms with Crippen molar-refractivity contribution in [3.63, 3.8) is 0 Å². The molecule has 1 heterocycles. The summed E-state index contributed by atoms with van der Waals surface area (Å²) in [4.78, 5) is 13.8. The van der Waals surface area contributed by atoms with Crippen LogP contribution in [0.25, 0.3) is 0 Å². The molecular weight excluding hydrogens is 306 g/mol. The van der Waals surface area contributed by atoms with E-state index in [1.807, 2.05) is 18.4 Å². The molecule has 0 fully saturated rings. The Labute approximate surface area is 113 Å². The van der Waals surface area contributed by atoms with Crippen molar-refractivity contribution < 1.29 is 14.6 Å². The van der Waals surface area contributed by atoms with Gasteiger partial charge in [-0.2, -0.15) is 0 Å². The van der Waals surface area contributed by atoms with Crippen molar-refractivity contribution >= 4 is 33.2 Å². The molecule has 0 aromatic carbocycles. The minimum Gasteiger partial charge on any atom is -0.394 e. The summed E-state index contributed by atoms with van der Waals surface area (Å²) >= 11 is 4.84. The first-order valence-electron chi connectivity index (χ1n) is 5.41. The fourth-order valence-electron chi connectivity index (χ4n) is 1.35. The van der Waals surface area contributed by atoms with Crippen LogP contribution in [0.15, 0.2) is 15.2 Å². The van der Waals surface area contributed by atoms with E-state index in [1.54, 1.807) is 4.90 Å². The molecule has 0 radical (unpaired) electrons. The molecule has 0 atom stereocenters. The van der Waals surface area contributed by atoms with Crippen molar-refractivity contribution in [3.05, 3.63) is 20.8 Å². The number of aliphatic hydroxyl groups excluding tert-OH is 1. The van der Waals surface area contributed by atoms with E-state index in [-0.39, 0.29) is 12.5 Å². The first-order valence-corrected chi connectivity index (χ1v) is 7.08. The second kappa shape index (κ2) is 7.81. The van der Waals surface area contributed by atoms with Gasteiger partial charge >= 0.3 is 0 Å². The van der Waals surface area contributed by atoms with Crippen LogP contribution in [0.4, 0.5) is 0 Å². The Hall–Kier alpha value is -0.430. The maximum atomic E-state index is 12.1. The van der Waals surface area contributed by atoms with Crippen LogP contribution in [0.5, 0.6) is 0 Å². The second-order valence-electron chi connectivity index (χ2n) is 3.36. The van der Waals surface area contributed by atoms with Crippen molar-refractivity contribution in [2.45, 2.75) is 6.92 Å². The number of ether oxygens (including phenoxy) is 1. The van der Waals surface area contributed by atoms with Gasteiger partial charge in [-0.1, -0.05) is 0 Å². The number of carbonyl (C=O) groups is 1. The molecule has 6 heteroatoms. The van der Waals surface area contributed by atoms with Gasteiger partial charge in [0.1, 0.15) is 0 Å². The topological polar surface area (TPSA) is 49.8 Å². The lowest BCUT2D eigenvalue weighted by Crippen LogP contribution is -2.33. The number of aliphatic hydroxyl groups is 1. The summed E-state index contributed by atoms with van der Waals surface area (Å²) in [6.07, 6.45) is 0. The number of rotatable bonds is 7. The predicted molar refractivity (Wildman–Crippen MR) is 71.5 cm³/mol. The third kappa shape index (κ3) is 4.75. The Balaban J connectivity index is 2.46. The lowest BCUT2D eigenvalue weighted by molar-refractivity contribution is 0.0579. The van der Waals surface area contributed by atoms with E-state index < -0.39 is 0 Å². The number of halogens is 1. The van der Waals surface area contributed by atoms with Crippen molar-refractivity contribution in [1.29, 1.82) is 0 Å². The molecule has 1 aromatic heterocycles. The normalized spacial score (nSPS) is 10.5. The van der Waals surface area contributed by atoms with Crippen LogP contribution in [0.3, 0.4) is 0 Å². The Morgan fingerprint density at radius 2 is 2.35 bits per heavy atom. The van der Waals surface area contributed by atoms with E-state index in [1.165, 1.54) is 11.3 Å². The number of carbonyl (C=O) groups excluding carboxylic acids is 1. The summed E-state index contributed by atoms with van der Waals surface area (Å²) in [5, 5.41) is 10.4. The highest BCUT2D eigenvalue weighted by Gasteiger charge is 2.15. The molecule has 0 aliphatic carbocycles. The van der Waals surface area contributed by atoms with Gasteiger partial charge in [0.2, 0.25) is 0 Å². The summed E-state index contributed by atoms with van der Waals surface area (Å²) < 4.78 is 6.11. The highest BCUT2D eigenvalue weighted by Crippen LogP contribution is 2.21. The van der Waals surface area contributed by atoms with Crippen molar-refractivity contribution in [3.8, 4) is 0 Å². The summed E-state index contributed by atoms with van der Waals surface area (Å²) in [6, 6.07) is 1.82. The molecule has 0 saturated heterocycles. The molecule has 0 spiro atoms. The fourth-order valence-corrected chi connectivity index (χ4v) is 2.48. The van der Waals surface area contributed by atoms with Gasteiger partial charge in [-0.05, 0) is 28.9 Å². The van der Waals surface area contributed by atoms with Crippen molar-refractivity contribution in [2.75, 3.05) is 32.9 Å². The Kier molecular flexibility index (Phi) is 6.72. The summed E-state index contributed by atoms with van der Waals surface area (Å²) in [5.41, 5.74) is 0.700.